The van der Waals surface area contributed by atoms with E-state index in [1.54, 1.807) is 73.7 Å². The van der Waals surface area contributed by atoms with Crippen LogP contribution in [0.2, 0.25) is 0 Å². The number of Topliss-reactive ketones (excluding diaryl/α,β-unsaturated/α-hetero) is 1. The Morgan fingerprint density at radius 2 is 1.61 bits per heavy atom. The van der Waals surface area contributed by atoms with Crippen LogP contribution in [0.25, 0.3) is 6.08 Å². The third-order valence-electron chi connectivity index (χ3n) is 5.60. The molecule has 1 atom stereocenters. The fraction of sp³-hybridized carbons (Fsp3) is 0.214. The van der Waals surface area contributed by atoms with E-state index >= 15 is 0 Å². The van der Waals surface area contributed by atoms with Gasteiger partial charge in [-0.05, 0) is 78.6 Å². The molecule has 8 heteroatoms. The molecule has 0 saturated carbocycles. The number of anilines is 1. The van der Waals surface area contributed by atoms with Crippen molar-refractivity contribution in [3.8, 4) is 23.0 Å². The van der Waals surface area contributed by atoms with E-state index in [0.29, 0.717) is 46.1 Å². The molecule has 1 amide bonds. The van der Waals surface area contributed by atoms with Crippen molar-refractivity contribution in [3.63, 3.8) is 0 Å². The van der Waals surface area contributed by atoms with Gasteiger partial charge in [0.15, 0.2) is 5.78 Å². The Bertz CT molecular complexity index is 1270. The molecule has 3 rings (SSSR count). The summed E-state index contributed by atoms with van der Waals surface area (Å²) in [6, 6.07) is 15.9. The van der Waals surface area contributed by atoms with Gasteiger partial charge in [-0.2, -0.15) is 0 Å². The molecule has 0 aromatic heterocycles. The summed E-state index contributed by atoms with van der Waals surface area (Å²) in [5.74, 6) is 0.976. The van der Waals surface area contributed by atoms with Crippen molar-refractivity contribution in [3.05, 3.63) is 82.9 Å². The maximum Gasteiger partial charge on any atom is 0.241 e. The Morgan fingerprint density at radius 1 is 0.944 bits per heavy atom. The van der Waals surface area contributed by atoms with Crippen LogP contribution in [-0.4, -0.2) is 44.2 Å². The fourth-order valence-electron chi connectivity index (χ4n) is 3.64. The van der Waals surface area contributed by atoms with E-state index in [9.17, 15) is 14.7 Å². The van der Waals surface area contributed by atoms with E-state index in [4.69, 9.17) is 19.9 Å². The van der Waals surface area contributed by atoms with Crippen LogP contribution in [0, 0.1) is 0 Å². The van der Waals surface area contributed by atoms with Gasteiger partial charge < -0.3 is 30.4 Å². The van der Waals surface area contributed by atoms with Gasteiger partial charge in [-0.25, -0.2) is 0 Å². The molecular formula is C28H30N2O6. The fourth-order valence-corrected chi connectivity index (χ4v) is 3.64. The molecule has 0 saturated heterocycles. The Labute approximate surface area is 210 Å². The summed E-state index contributed by atoms with van der Waals surface area (Å²) in [7, 11) is 4.53. The lowest BCUT2D eigenvalue weighted by molar-refractivity contribution is -0.117. The standard InChI is InChI=1S/C28H30N2O6/c1-17(27(32)22-16-21(34-2)10-12-25(22)35-3)13-19-7-11-26(36-4)24(15-19)30-28(33)23(29)14-18-5-8-20(31)9-6-18/h5-13,15-16,23,31H,14,29H2,1-4H3,(H,30,33). The van der Waals surface area contributed by atoms with Gasteiger partial charge in [-0.3, -0.25) is 9.59 Å². The molecule has 0 fully saturated rings. The number of rotatable bonds is 10. The van der Waals surface area contributed by atoms with Crippen LogP contribution in [-0.2, 0) is 11.2 Å². The average molecular weight is 491 g/mol. The zero-order chi connectivity index (χ0) is 26.2. The normalized spacial score (nSPS) is 12.0. The van der Waals surface area contributed by atoms with Crippen molar-refractivity contribution in [2.45, 2.75) is 19.4 Å². The van der Waals surface area contributed by atoms with Crippen LogP contribution in [0.1, 0.15) is 28.4 Å². The predicted molar refractivity (Wildman–Crippen MR) is 139 cm³/mol. The first-order chi connectivity index (χ1) is 17.2. The van der Waals surface area contributed by atoms with E-state index in [2.05, 4.69) is 5.32 Å². The van der Waals surface area contributed by atoms with Crippen LogP contribution >= 0.6 is 0 Å². The number of amides is 1. The van der Waals surface area contributed by atoms with Gasteiger partial charge >= 0.3 is 0 Å². The number of hydrogen-bond donors (Lipinski definition) is 3. The molecular weight excluding hydrogens is 460 g/mol. The molecule has 0 bridgehead atoms. The number of hydrogen-bond acceptors (Lipinski definition) is 7. The molecule has 3 aromatic carbocycles. The van der Waals surface area contributed by atoms with Gasteiger partial charge in [0, 0.05) is 0 Å². The number of nitrogens with one attached hydrogen (secondary N) is 1. The first-order valence-electron chi connectivity index (χ1n) is 11.2. The summed E-state index contributed by atoms with van der Waals surface area (Å²) >= 11 is 0. The molecule has 0 spiro atoms. The molecule has 188 valence electrons. The molecule has 4 N–H and O–H groups in total. The van der Waals surface area contributed by atoms with Crippen LogP contribution in [0.4, 0.5) is 5.69 Å². The van der Waals surface area contributed by atoms with E-state index in [0.717, 1.165) is 5.56 Å². The average Bonchev–Trinajstić information content (AvgIpc) is 2.89. The molecule has 0 radical (unpaired) electrons. The van der Waals surface area contributed by atoms with Crippen LogP contribution in [0.3, 0.4) is 0 Å². The van der Waals surface area contributed by atoms with Gasteiger partial charge in [-0.1, -0.05) is 18.2 Å². The van der Waals surface area contributed by atoms with E-state index < -0.39 is 11.9 Å². The monoisotopic (exact) mass is 490 g/mol. The van der Waals surface area contributed by atoms with Crippen molar-refractivity contribution in [1.29, 1.82) is 0 Å². The summed E-state index contributed by atoms with van der Waals surface area (Å²) < 4.78 is 16.0. The smallest absolute Gasteiger partial charge is 0.241 e. The van der Waals surface area contributed by atoms with Gasteiger partial charge in [0.2, 0.25) is 5.91 Å². The molecule has 0 heterocycles. The van der Waals surface area contributed by atoms with Gasteiger partial charge in [0.05, 0.1) is 38.6 Å². The van der Waals surface area contributed by atoms with Crippen molar-refractivity contribution < 1.29 is 28.9 Å². The number of allylic oxidation sites excluding steroid dienone is 1. The highest BCUT2D eigenvalue weighted by Gasteiger charge is 2.18. The van der Waals surface area contributed by atoms with E-state index in [1.807, 2.05) is 0 Å². The Kier molecular flexibility index (Phi) is 8.70. The molecule has 8 nitrogen and oxygen atoms in total. The minimum absolute atomic E-state index is 0.144. The summed E-state index contributed by atoms with van der Waals surface area (Å²) in [5.41, 5.74) is 8.89. The SMILES string of the molecule is COc1ccc(OC)c(C(=O)C(C)=Cc2ccc(OC)c(NC(=O)C(N)Cc3ccc(O)cc3)c2)c1. The predicted octanol–water partition coefficient (Wildman–Crippen LogP) is 4.21. The van der Waals surface area contributed by atoms with Crippen molar-refractivity contribution in [2.75, 3.05) is 26.6 Å². The number of methoxy groups -OCH3 is 3. The lowest BCUT2D eigenvalue weighted by atomic mass is 10.0. The summed E-state index contributed by atoms with van der Waals surface area (Å²) in [5, 5.41) is 12.2. The highest BCUT2D eigenvalue weighted by Crippen LogP contribution is 2.29. The second-order valence-electron chi connectivity index (χ2n) is 8.15. The highest BCUT2D eigenvalue weighted by molar-refractivity contribution is 6.12. The third kappa shape index (κ3) is 6.43. The second kappa shape index (κ2) is 11.9. The molecule has 0 aliphatic carbocycles. The molecule has 36 heavy (non-hydrogen) atoms. The Morgan fingerprint density at radius 3 is 2.25 bits per heavy atom. The summed E-state index contributed by atoms with van der Waals surface area (Å²) in [6.45, 7) is 1.71. The zero-order valence-corrected chi connectivity index (χ0v) is 20.7. The number of benzene rings is 3. The largest absolute Gasteiger partial charge is 0.508 e. The first kappa shape index (κ1) is 26.3. The number of phenols is 1. The Hall–Kier alpha value is -4.30. The number of ketones is 1. The molecule has 1 unspecified atom stereocenters. The lowest BCUT2D eigenvalue weighted by Gasteiger charge is -2.15. The molecule has 3 aromatic rings. The lowest BCUT2D eigenvalue weighted by Crippen LogP contribution is -2.37. The van der Waals surface area contributed by atoms with Crippen LogP contribution < -0.4 is 25.3 Å². The van der Waals surface area contributed by atoms with Crippen molar-refractivity contribution >= 4 is 23.5 Å². The molecule has 0 aliphatic heterocycles. The quantitative estimate of drug-likeness (QED) is 0.288. The Balaban J connectivity index is 1.81. The van der Waals surface area contributed by atoms with Gasteiger partial charge in [0.25, 0.3) is 0 Å². The zero-order valence-electron chi connectivity index (χ0n) is 20.7. The number of ether oxygens (including phenoxy) is 3. The van der Waals surface area contributed by atoms with Crippen molar-refractivity contribution in [2.24, 2.45) is 5.73 Å². The summed E-state index contributed by atoms with van der Waals surface area (Å²) in [4.78, 5) is 25.9. The first-order valence-corrected chi connectivity index (χ1v) is 11.2. The number of nitrogens with two attached hydrogens (primary N) is 1. The minimum atomic E-state index is -0.817. The molecule has 0 aliphatic rings. The number of carbonyl (C=O) groups is 2. The van der Waals surface area contributed by atoms with Crippen molar-refractivity contribution in [1.82, 2.24) is 0 Å². The van der Waals surface area contributed by atoms with E-state index in [1.165, 1.54) is 21.3 Å². The topological polar surface area (TPSA) is 120 Å². The van der Waals surface area contributed by atoms with Crippen LogP contribution in [0.5, 0.6) is 23.0 Å². The number of aromatic hydroxyl groups is 1. The highest BCUT2D eigenvalue weighted by atomic mass is 16.5. The minimum Gasteiger partial charge on any atom is -0.508 e. The summed E-state index contributed by atoms with van der Waals surface area (Å²) in [6.07, 6.45) is 2.01. The maximum atomic E-state index is 13.1. The number of phenolic OH excluding ortho intramolecular Hbond substituents is 1. The third-order valence-corrected chi connectivity index (χ3v) is 5.60. The van der Waals surface area contributed by atoms with Gasteiger partial charge in [0.1, 0.15) is 23.0 Å². The van der Waals surface area contributed by atoms with Gasteiger partial charge in [-0.15, -0.1) is 0 Å². The maximum absolute atomic E-state index is 13.1. The number of carbonyl (C=O) groups excluding carboxylic acids is 2. The van der Waals surface area contributed by atoms with Crippen LogP contribution in [0.15, 0.2) is 66.2 Å². The van der Waals surface area contributed by atoms with E-state index in [-0.39, 0.29) is 11.5 Å². The second-order valence-corrected chi connectivity index (χ2v) is 8.15.